The number of rotatable bonds is 6. The van der Waals surface area contributed by atoms with Crippen molar-refractivity contribution in [3.05, 3.63) is 40.0 Å². The number of hydrogen-bond donors (Lipinski definition) is 5. The molecule has 154 valence electrons. The van der Waals surface area contributed by atoms with Crippen LogP contribution in [0.15, 0.2) is 30.6 Å². The molecule has 0 aliphatic carbocycles. The van der Waals surface area contributed by atoms with Gasteiger partial charge in [-0.15, -0.1) is 0 Å². The minimum absolute atomic E-state index is 0.397. The van der Waals surface area contributed by atoms with Crippen LogP contribution in [0, 0.1) is 3.83 Å². The van der Waals surface area contributed by atoms with Crippen molar-refractivity contribution in [1.82, 2.24) is 19.5 Å². The zero-order chi connectivity index (χ0) is 20.5. The summed E-state index contributed by atoms with van der Waals surface area (Å²) in [6.07, 6.45) is -1.91. The highest BCUT2D eigenvalue weighted by molar-refractivity contribution is 14.1. The first-order valence-corrected chi connectivity index (χ1v) is 10.2. The number of aliphatic hydroxyl groups excluding tert-OH is 3. The van der Waals surface area contributed by atoms with Crippen LogP contribution in [0.3, 0.4) is 0 Å². The molecule has 0 spiro atoms. The molecule has 11 heteroatoms. The smallest absolute Gasteiger partial charge is 0.194 e. The molecule has 0 radical (unpaired) electrons. The van der Waals surface area contributed by atoms with Gasteiger partial charge in [0.2, 0.25) is 0 Å². The Morgan fingerprint density at radius 2 is 1.93 bits per heavy atom. The van der Waals surface area contributed by atoms with E-state index in [-0.39, 0.29) is 0 Å². The predicted octanol–water partition coefficient (Wildman–Crippen LogP) is 0.279. The number of fused-ring (bicyclic) bond motifs is 1. The Labute approximate surface area is 179 Å². The largest absolute Gasteiger partial charge is 0.399 e. The lowest BCUT2D eigenvalue weighted by molar-refractivity contribution is -0.0511. The van der Waals surface area contributed by atoms with Crippen molar-refractivity contribution in [2.24, 2.45) is 0 Å². The van der Waals surface area contributed by atoms with Crippen LogP contribution in [0.1, 0.15) is 11.8 Å². The fraction of sp³-hybridized carbons (Fsp3) is 0.389. The number of nitrogens with one attached hydrogen (secondary N) is 1. The quantitative estimate of drug-likeness (QED) is 0.178. The fourth-order valence-electron chi connectivity index (χ4n) is 3.32. The SMILES string of the molecule is Nc1ccc(CCNc2nc(I)nc3c2ncn3[C@@H]2O[C@H](CO)[C@@H](O)[C@H]2O)cc1. The molecule has 29 heavy (non-hydrogen) atoms. The molecule has 0 amide bonds. The monoisotopic (exact) mass is 512 g/mol. The third-order valence-corrected chi connectivity index (χ3v) is 5.35. The van der Waals surface area contributed by atoms with Gasteiger partial charge in [-0.1, -0.05) is 12.1 Å². The van der Waals surface area contributed by atoms with E-state index in [2.05, 4.69) is 20.3 Å². The van der Waals surface area contributed by atoms with Gasteiger partial charge in [-0.3, -0.25) is 4.57 Å². The van der Waals surface area contributed by atoms with Crippen molar-refractivity contribution in [3.8, 4) is 0 Å². The number of ether oxygens (including phenoxy) is 1. The Morgan fingerprint density at radius 3 is 2.62 bits per heavy atom. The summed E-state index contributed by atoms with van der Waals surface area (Å²) in [6.45, 7) is 0.235. The Bertz CT molecular complexity index is 998. The number of aromatic nitrogens is 4. The molecular weight excluding hydrogens is 491 g/mol. The summed E-state index contributed by atoms with van der Waals surface area (Å²) < 4.78 is 7.64. The van der Waals surface area contributed by atoms with Gasteiger partial charge in [0.05, 0.1) is 12.9 Å². The van der Waals surface area contributed by atoms with E-state index in [1.54, 1.807) is 4.57 Å². The van der Waals surface area contributed by atoms with E-state index in [9.17, 15) is 15.3 Å². The van der Waals surface area contributed by atoms with Crippen molar-refractivity contribution in [3.63, 3.8) is 0 Å². The van der Waals surface area contributed by atoms with Crippen LogP contribution in [0.4, 0.5) is 11.5 Å². The normalized spacial score (nSPS) is 24.3. The lowest BCUT2D eigenvalue weighted by Crippen LogP contribution is -2.33. The zero-order valence-corrected chi connectivity index (χ0v) is 17.5. The molecule has 1 saturated heterocycles. The number of imidazole rings is 1. The van der Waals surface area contributed by atoms with E-state index in [1.807, 2.05) is 46.9 Å². The molecule has 1 aliphatic rings. The topological polar surface area (TPSA) is 152 Å². The summed E-state index contributed by atoms with van der Waals surface area (Å²) in [5.74, 6) is 0.570. The van der Waals surface area contributed by atoms with Gasteiger partial charge >= 0.3 is 0 Å². The predicted molar refractivity (Wildman–Crippen MR) is 114 cm³/mol. The Morgan fingerprint density at radius 1 is 1.17 bits per heavy atom. The van der Waals surface area contributed by atoms with E-state index >= 15 is 0 Å². The highest BCUT2D eigenvalue weighted by Gasteiger charge is 2.44. The van der Waals surface area contributed by atoms with Gasteiger partial charge in [0.15, 0.2) is 27.0 Å². The number of nitrogens with zero attached hydrogens (tertiary/aromatic N) is 4. The number of benzene rings is 1. The molecule has 2 aromatic heterocycles. The minimum atomic E-state index is -1.21. The standard InChI is InChI=1S/C18H21IN6O4/c19-18-23-15(21-6-5-9-1-3-10(20)4-2-9)12-16(24-18)25(8-22-12)17-14(28)13(27)11(7-26)29-17/h1-4,8,11,13-14,17,26-28H,5-7,20H2,(H,21,23,24)/t11-,13-,14-,17-/m1/s1. The Balaban J connectivity index is 1.56. The highest BCUT2D eigenvalue weighted by Crippen LogP contribution is 2.32. The molecule has 4 rings (SSSR count). The number of nitrogen functional groups attached to an aromatic ring is 1. The second-order valence-electron chi connectivity index (χ2n) is 6.81. The average molecular weight is 512 g/mol. The van der Waals surface area contributed by atoms with Crippen LogP contribution in [0.5, 0.6) is 0 Å². The lowest BCUT2D eigenvalue weighted by Gasteiger charge is -2.16. The van der Waals surface area contributed by atoms with Crippen LogP contribution in [-0.2, 0) is 11.2 Å². The van der Waals surface area contributed by atoms with Gasteiger partial charge in [-0.2, -0.15) is 0 Å². The maximum Gasteiger partial charge on any atom is 0.194 e. The van der Waals surface area contributed by atoms with Crippen LogP contribution < -0.4 is 11.1 Å². The van der Waals surface area contributed by atoms with Crippen molar-refractivity contribution in [2.45, 2.75) is 31.0 Å². The first-order valence-electron chi connectivity index (χ1n) is 9.08. The summed E-state index contributed by atoms with van der Waals surface area (Å²) >= 11 is 2.01. The maximum atomic E-state index is 10.3. The van der Waals surface area contributed by atoms with Crippen LogP contribution >= 0.6 is 22.6 Å². The summed E-state index contributed by atoms with van der Waals surface area (Å²) in [4.78, 5) is 13.2. The third-order valence-electron chi connectivity index (χ3n) is 4.87. The Hall–Kier alpha value is -2.06. The van der Waals surface area contributed by atoms with Gasteiger partial charge in [-0.25, -0.2) is 15.0 Å². The van der Waals surface area contributed by atoms with Crippen molar-refractivity contribution in [2.75, 3.05) is 24.2 Å². The van der Waals surface area contributed by atoms with Crippen molar-refractivity contribution >= 4 is 45.3 Å². The molecule has 1 aliphatic heterocycles. The van der Waals surface area contributed by atoms with Gasteiger partial charge in [0.1, 0.15) is 18.3 Å². The van der Waals surface area contributed by atoms with Gasteiger partial charge in [0.25, 0.3) is 0 Å². The molecule has 1 fully saturated rings. The van der Waals surface area contributed by atoms with Gasteiger partial charge in [0, 0.05) is 34.8 Å². The lowest BCUT2D eigenvalue weighted by atomic mass is 10.1. The number of anilines is 2. The summed E-state index contributed by atoms with van der Waals surface area (Å²) in [6, 6.07) is 7.69. The van der Waals surface area contributed by atoms with Crippen LogP contribution in [0.25, 0.3) is 11.2 Å². The van der Waals surface area contributed by atoms with Crippen LogP contribution in [0.2, 0.25) is 0 Å². The number of nitrogens with two attached hydrogens (primary N) is 1. The van der Waals surface area contributed by atoms with E-state index in [0.29, 0.717) is 27.4 Å². The molecule has 10 nitrogen and oxygen atoms in total. The number of hydrogen-bond acceptors (Lipinski definition) is 9. The van der Waals surface area contributed by atoms with Crippen molar-refractivity contribution in [1.29, 1.82) is 0 Å². The third kappa shape index (κ3) is 4.00. The second-order valence-corrected chi connectivity index (χ2v) is 7.78. The van der Waals surface area contributed by atoms with E-state index in [0.717, 1.165) is 17.7 Å². The fourth-order valence-corrected chi connectivity index (χ4v) is 3.79. The van der Waals surface area contributed by atoms with Crippen molar-refractivity contribution < 1.29 is 20.1 Å². The summed E-state index contributed by atoms with van der Waals surface area (Å²) in [5.41, 5.74) is 8.58. The molecule has 6 N–H and O–H groups in total. The minimum Gasteiger partial charge on any atom is -0.399 e. The molecule has 1 aromatic carbocycles. The number of halogens is 1. The van der Waals surface area contributed by atoms with E-state index in [4.69, 9.17) is 10.5 Å². The average Bonchev–Trinajstić information content (AvgIpc) is 3.24. The Kier molecular flexibility index (Phi) is 5.83. The summed E-state index contributed by atoms with van der Waals surface area (Å²) in [5, 5.41) is 32.9. The second kappa shape index (κ2) is 8.36. The van der Waals surface area contributed by atoms with E-state index in [1.165, 1.54) is 6.33 Å². The van der Waals surface area contributed by atoms with E-state index < -0.39 is 31.1 Å². The van der Waals surface area contributed by atoms with Gasteiger partial charge in [-0.05, 0) is 24.1 Å². The molecule has 3 heterocycles. The first kappa shape index (κ1) is 20.2. The van der Waals surface area contributed by atoms with Crippen LogP contribution in [-0.4, -0.2) is 66.3 Å². The number of aliphatic hydroxyl groups is 3. The molecule has 4 atom stereocenters. The maximum absolute atomic E-state index is 10.3. The molecular formula is C18H21IN6O4. The summed E-state index contributed by atoms with van der Waals surface area (Å²) in [7, 11) is 0. The molecule has 3 aromatic rings. The first-order chi connectivity index (χ1) is 14.0. The molecule has 0 saturated carbocycles. The highest BCUT2D eigenvalue weighted by atomic mass is 127. The molecule has 0 unspecified atom stereocenters. The molecule has 0 bridgehead atoms. The zero-order valence-electron chi connectivity index (χ0n) is 15.3. The van der Waals surface area contributed by atoms with Gasteiger partial charge < -0.3 is 31.1 Å².